The first kappa shape index (κ1) is 31.3. The van der Waals surface area contributed by atoms with Gasteiger partial charge in [0.2, 0.25) is 0 Å². The predicted octanol–water partition coefficient (Wildman–Crippen LogP) is 4.59. The van der Waals surface area contributed by atoms with Gasteiger partial charge in [0.05, 0.1) is 17.8 Å². The second kappa shape index (κ2) is 11.7. The average Bonchev–Trinajstić information content (AvgIpc) is 3.44. The Balaban J connectivity index is 1.42. The van der Waals surface area contributed by atoms with Gasteiger partial charge in [-0.3, -0.25) is 4.79 Å². The second-order valence-corrected chi connectivity index (χ2v) is 11.7. The Morgan fingerprint density at radius 1 is 1.00 bits per heavy atom. The standard InChI is InChI=1S/C28H28BrF4N7O4/c1-27(2)22-18(15-39(27)26(43)34-21-19(29)5-4-6-20(21)30)23(36-40(22)44-25(42)28(31,32)33)35-24(41)16-7-9-17(10-8-16)38-13-11-37(3)12-14-38/h4-10H,11-15H2,1-3H3,(H,34,43)(H,35,36,41). The van der Waals surface area contributed by atoms with Gasteiger partial charge in [0.25, 0.3) is 5.91 Å². The molecule has 44 heavy (non-hydrogen) atoms. The fourth-order valence-electron chi connectivity index (χ4n) is 5.15. The highest BCUT2D eigenvalue weighted by molar-refractivity contribution is 9.10. The fourth-order valence-corrected chi connectivity index (χ4v) is 5.59. The largest absolute Gasteiger partial charge is 0.493 e. The number of nitrogens with one attached hydrogen (secondary N) is 2. The molecule has 0 radical (unpaired) electrons. The summed E-state index contributed by atoms with van der Waals surface area (Å²) in [7, 11) is 2.04. The van der Waals surface area contributed by atoms with Crippen molar-refractivity contribution in [3.8, 4) is 0 Å². The van der Waals surface area contributed by atoms with Crippen LogP contribution in [0.2, 0.25) is 0 Å². The van der Waals surface area contributed by atoms with E-state index >= 15 is 0 Å². The van der Waals surface area contributed by atoms with E-state index in [-0.39, 0.29) is 39.3 Å². The van der Waals surface area contributed by atoms with Crippen molar-refractivity contribution in [2.45, 2.75) is 32.1 Å². The first-order chi connectivity index (χ1) is 20.7. The summed E-state index contributed by atoms with van der Waals surface area (Å²) in [5.74, 6) is -4.10. The van der Waals surface area contributed by atoms with Crippen LogP contribution >= 0.6 is 15.9 Å². The Bertz CT molecular complexity index is 1580. The molecule has 0 atom stereocenters. The van der Waals surface area contributed by atoms with Gasteiger partial charge in [-0.1, -0.05) is 10.9 Å². The lowest BCUT2D eigenvalue weighted by Gasteiger charge is -2.34. The number of alkyl halides is 3. The molecule has 1 fully saturated rings. The highest BCUT2D eigenvalue weighted by Crippen LogP contribution is 2.42. The van der Waals surface area contributed by atoms with Crippen LogP contribution in [0.5, 0.6) is 0 Å². The first-order valence-corrected chi connectivity index (χ1v) is 14.3. The van der Waals surface area contributed by atoms with Crippen molar-refractivity contribution in [3.05, 3.63) is 69.6 Å². The lowest BCUT2D eigenvalue weighted by atomic mass is 10.0. The monoisotopic (exact) mass is 681 g/mol. The zero-order valence-corrected chi connectivity index (χ0v) is 25.4. The van der Waals surface area contributed by atoms with Gasteiger partial charge in [-0.05, 0) is 73.2 Å². The van der Waals surface area contributed by atoms with Gasteiger partial charge in [-0.2, -0.15) is 13.2 Å². The molecule has 2 aliphatic heterocycles. The number of aromatic nitrogens is 2. The Morgan fingerprint density at radius 2 is 1.66 bits per heavy atom. The van der Waals surface area contributed by atoms with E-state index in [1.54, 1.807) is 24.3 Å². The number of rotatable bonds is 5. The van der Waals surface area contributed by atoms with Crippen LogP contribution in [-0.2, 0) is 16.9 Å². The first-order valence-electron chi connectivity index (χ1n) is 13.5. The summed E-state index contributed by atoms with van der Waals surface area (Å²) in [4.78, 5) is 48.8. The number of nitrogens with zero attached hydrogens (tertiary/aromatic N) is 5. The van der Waals surface area contributed by atoms with E-state index in [1.807, 2.05) is 7.05 Å². The van der Waals surface area contributed by atoms with Gasteiger partial charge in [0, 0.05) is 47.5 Å². The molecule has 3 amide bonds. The summed E-state index contributed by atoms with van der Waals surface area (Å²) in [6, 6.07) is 10.1. The SMILES string of the molecule is CN1CCN(c2ccc(C(=O)Nc3nn(OC(=O)C(F)(F)F)c4c3CN(C(=O)Nc3c(F)cccc3Br)C4(C)C)cc2)CC1. The lowest BCUT2D eigenvalue weighted by Crippen LogP contribution is -2.45. The normalized spacial score (nSPS) is 16.5. The van der Waals surface area contributed by atoms with Gasteiger partial charge in [0.1, 0.15) is 11.5 Å². The summed E-state index contributed by atoms with van der Waals surface area (Å²) < 4.78 is 54.1. The fraction of sp³-hybridized carbons (Fsp3) is 0.357. The molecule has 1 saturated heterocycles. The van der Waals surface area contributed by atoms with Crippen molar-refractivity contribution in [2.75, 3.05) is 48.8 Å². The van der Waals surface area contributed by atoms with E-state index < -0.39 is 35.4 Å². The minimum atomic E-state index is -5.34. The lowest BCUT2D eigenvalue weighted by molar-refractivity contribution is -0.202. The Morgan fingerprint density at radius 3 is 2.27 bits per heavy atom. The maximum atomic E-state index is 14.4. The summed E-state index contributed by atoms with van der Waals surface area (Å²) in [5, 5.41) is 8.98. The number of likely N-dealkylation sites (N-methyl/N-ethyl adjacent to an activating group) is 1. The van der Waals surface area contributed by atoms with Crippen LogP contribution < -0.4 is 20.4 Å². The number of carbonyl (C=O) groups is 3. The van der Waals surface area contributed by atoms with E-state index in [0.29, 0.717) is 4.85 Å². The number of urea groups is 1. The van der Waals surface area contributed by atoms with E-state index in [4.69, 9.17) is 0 Å². The molecule has 5 rings (SSSR count). The number of halogens is 5. The second-order valence-electron chi connectivity index (χ2n) is 10.9. The van der Waals surface area contributed by atoms with Gasteiger partial charge in [0.15, 0.2) is 5.82 Å². The van der Waals surface area contributed by atoms with Gasteiger partial charge in [-0.25, -0.2) is 14.0 Å². The van der Waals surface area contributed by atoms with Gasteiger partial charge < -0.3 is 30.2 Å². The van der Waals surface area contributed by atoms with E-state index in [0.717, 1.165) is 37.9 Å². The predicted molar refractivity (Wildman–Crippen MR) is 156 cm³/mol. The molecule has 0 unspecified atom stereocenters. The molecule has 16 heteroatoms. The molecular weight excluding hydrogens is 654 g/mol. The molecule has 234 valence electrons. The topological polar surface area (TPSA) is 112 Å². The number of hydrogen-bond donors (Lipinski definition) is 2. The number of hydrogen-bond acceptors (Lipinski definition) is 7. The third-order valence-corrected chi connectivity index (χ3v) is 8.26. The van der Waals surface area contributed by atoms with Crippen molar-refractivity contribution in [3.63, 3.8) is 0 Å². The van der Waals surface area contributed by atoms with Crippen LogP contribution in [0.25, 0.3) is 0 Å². The number of anilines is 3. The van der Waals surface area contributed by atoms with E-state index in [2.05, 4.69) is 46.3 Å². The van der Waals surface area contributed by atoms with Gasteiger partial charge in [-0.15, -0.1) is 5.10 Å². The maximum Gasteiger partial charge on any atom is 0.493 e. The van der Waals surface area contributed by atoms with Crippen molar-refractivity contribution >= 4 is 51.0 Å². The molecule has 2 aliphatic rings. The summed E-state index contributed by atoms with van der Waals surface area (Å²) >= 11 is 3.18. The number of carbonyl (C=O) groups excluding carboxylic acids is 3. The zero-order chi connectivity index (χ0) is 32.0. The van der Waals surface area contributed by atoms with Crippen molar-refractivity contribution in [1.82, 2.24) is 19.7 Å². The van der Waals surface area contributed by atoms with Crippen molar-refractivity contribution in [1.29, 1.82) is 0 Å². The minimum Gasteiger partial charge on any atom is -0.369 e. The number of benzene rings is 2. The molecular formula is C28H28BrF4N7O4. The van der Waals surface area contributed by atoms with Gasteiger partial charge >= 0.3 is 18.2 Å². The van der Waals surface area contributed by atoms with E-state index in [1.165, 1.54) is 30.9 Å². The number of para-hydroxylation sites is 1. The zero-order valence-electron chi connectivity index (χ0n) is 23.8. The maximum absolute atomic E-state index is 14.4. The smallest absolute Gasteiger partial charge is 0.369 e. The molecule has 0 bridgehead atoms. The molecule has 0 spiro atoms. The number of piperazine rings is 1. The summed E-state index contributed by atoms with van der Waals surface area (Å²) in [6.07, 6.45) is -5.34. The van der Waals surface area contributed by atoms with Crippen LogP contribution in [0.15, 0.2) is 46.9 Å². The van der Waals surface area contributed by atoms with Crippen LogP contribution in [0, 0.1) is 5.82 Å². The molecule has 3 aromatic rings. The molecule has 11 nitrogen and oxygen atoms in total. The summed E-state index contributed by atoms with van der Waals surface area (Å²) in [6.45, 7) is 6.16. The van der Waals surface area contributed by atoms with Crippen LogP contribution in [0.4, 0.5) is 39.5 Å². The molecule has 0 saturated carbocycles. The Kier molecular flexibility index (Phi) is 8.33. The average molecular weight is 682 g/mol. The van der Waals surface area contributed by atoms with Crippen molar-refractivity contribution in [2.24, 2.45) is 0 Å². The highest BCUT2D eigenvalue weighted by Gasteiger charge is 2.49. The van der Waals surface area contributed by atoms with Crippen molar-refractivity contribution < 1.29 is 36.8 Å². The number of fused-ring (bicyclic) bond motifs is 1. The Labute approximate surface area is 257 Å². The van der Waals surface area contributed by atoms with E-state index in [9.17, 15) is 31.9 Å². The highest BCUT2D eigenvalue weighted by atomic mass is 79.9. The Hall–Kier alpha value is -4.18. The molecule has 2 aromatic carbocycles. The summed E-state index contributed by atoms with van der Waals surface area (Å²) in [5.41, 5.74) is -0.349. The van der Waals surface area contributed by atoms with Crippen LogP contribution in [0.3, 0.4) is 0 Å². The van der Waals surface area contributed by atoms with Crippen LogP contribution in [-0.4, -0.2) is 77.1 Å². The third kappa shape index (κ3) is 6.08. The molecule has 0 aliphatic carbocycles. The molecule has 1 aromatic heterocycles. The molecule has 3 heterocycles. The number of amides is 3. The third-order valence-electron chi connectivity index (χ3n) is 7.59. The molecule has 2 N–H and O–H groups in total. The quantitative estimate of drug-likeness (QED) is 0.379. The van der Waals surface area contributed by atoms with Crippen LogP contribution in [0.1, 0.15) is 35.5 Å². The minimum absolute atomic E-state index is 0.0847.